The minimum Gasteiger partial charge on any atom is -0.484 e. The molecule has 0 aliphatic carbocycles. The summed E-state index contributed by atoms with van der Waals surface area (Å²) in [5, 5.41) is 2.77. The van der Waals surface area contributed by atoms with Gasteiger partial charge in [-0.05, 0) is 49.2 Å². The molecule has 1 aliphatic rings. The maximum absolute atomic E-state index is 12.1. The third-order valence-corrected chi connectivity index (χ3v) is 4.29. The summed E-state index contributed by atoms with van der Waals surface area (Å²) in [5.74, 6) is 0.865. The van der Waals surface area contributed by atoms with Gasteiger partial charge < -0.3 is 19.7 Å². The molecule has 2 aromatic rings. The summed E-state index contributed by atoms with van der Waals surface area (Å²) in [4.78, 5) is 25.7. The Hall–Kier alpha value is -3.02. The molecular weight excluding hydrogens is 332 g/mol. The number of anilines is 2. The van der Waals surface area contributed by atoms with Crippen LogP contribution in [0.4, 0.5) is 11.4 Å². The molecule has 1 unspecified atom stereocenters. The molecule has 6 heteroatoms. The molecule has 0 saturated heterocycles. The smallest absolute Gasteiger partial charge is 0.267 e. The van der Waals surface area contributed by atoms with Crippen LogP contribution in [0.2, 0.25) is 0 Å². The minimum absolute atomic E-state index is 0.0924. The fourth-order valence-electron chi connectivity index (χ4n) is 2.76. The van der Waals surface area contributed by atoms with Crippen molar-refractivity contribution < 1.29 is 19.1 Å². The van der Waals surface area contributed by atoms with Gasteiger partial charge in [0.2, 0.25) is 0 Å². The number of aryl methyl sites for hydroxylation is 1. The lowest BCUT2D eigenvalue weighted by Crippen LogP contribution is -2.42. The van der Waals surface area contributed by atoms with Gasteiger partial charge >= 0.3 is 0 Å². The molecular formula is C20H22N2O4. The van der Waals surface area contributed by atoms with Gasteiger partial charge in [0.1, 0.15) is 11.5 Å². The second-order valence-corrected chi connectivity index (χ2v) is 6.17. The van der Waals surface area contributed by atoms with Gasteiger partial charge in [0.15, 0.2) is 12.7 Å². The number of fused-ring (bicyclic) bond motifs is 1. The van der Waals surface area contributed by atoms with E-state index >= 15 is 0 Å². The van der Waals surface area contributed by atoms with Crippen LogP contribution < -0.4 is 19.7 Å². The molecule has 0 bridgehead atoms. The van der Waals surface area contributed by atoms with E-state index < -0.39 is 6.10 Å². The van der Waals surface area contributed by atoms with Crippen LogP contribution >= 0.6 is 0 Å². The van der Waals surface area contributed by atoms with Crippen molar-refractivity contribution in [3.8, 4) is 11.5 Å². The topological polar surface area (TPSA) is 67.9 Å². The first-order chi connectivity index (χ1) is 12.5. The molecule has 0 aromatic heterocycles. The predicted molar refractivity (Wildman–Crippen MR) is 99.9 cm³/mol. The first-order valence-corrected chi connectivity index (χ1v) is 8.57. The summed E-state index contributed by atoms with van der Waals surface area (Å²) >= 11 is 0. The maximum Gasteiger partial charge on any atom is 0.267 e. The quantitative estimate of drug-likeness (QED) is 0.896. The zero-order valence-electron chi connectivity index (χ0n) is 15.1. The highest BCUT2D eigenvalue weighted by molar-refractivity contribution is 6.00. The summed E-state index contributed by atoms with van der Waals surface area (Å²) in [7, 11) is 1.69. The van der Waals surface area contributed by atoms with Crippen LogP contribution in [-0.2, 0) is 16.0 Å². The molecule has 1 N–H and O–H groups in total. The Kier molecular flexibility index (Phi) is 5.11. The molecule has 0 saturated carbocycles. The molecule has 1 aliphatic heterocycles. The molecule has 0 fully saturated rings. The van der Waals surface area contributed by atoms with E-state index in [0.29, 0.717) is 22.9 Å². The van der Waals surface area contributed by atoms with Crippen LogP contribution in [0, 0.1) is 0 Å². The molecule has 2 amide bonds. The van der Waals surface area contributed by atoms with E-state index in [0.717, 1.165) is 6.42 Å². The number of carbonyl (C=O) groups is 2. The molecule has 6 nitrogen and oxygen atoms in total. The second-order valence-electron chi connectivity index (χ2n) is 6.17. The maximum atomic E-state index is 12.1. The molecule has 26 heavy (non-hydrogen) atoms. The lowest BCUT2D eigenvalue weighted by molar-refractivity contribution is -0.125. The van der Waals surface area contributed by atoms with E-state index in [2.05, 4.69) is 12.2 Å². The van der Waals surface area contributed by atoms with Crippen LogP contribution in [0.5, 0.6) is 11.5 Å². The molecule has 0 radical (unpaired) electrons. The van der Waals surface area contributed by atoms with Crippen molar-refractivity contribution in [1.82, 2.24) is 0 Å². The molecule has 2 aromatic carbocycles. The molecule has 0 spiro atoms. The van der Waals surface area contributed by atoms with Crippen LogP contribution in [0.15, 0.2) is 42.5 Å². The lowest BCUT2D eigenvalue weighted by Gasteiger charge is -2.30. The molecule has 3 rings (SSSR count). The average Bonchev–Trinajstić information content (AvgIpc) is 2.65. The molecule has 1 heterocycles. The molecule has 136 valence electrons. The summed E-state index contributed by atoms with van der Waals surface area (Å²) < 4.78 is 11.1. The highest BCUT2D eigenvalue weighted by Crippen LogP contribution is 2.35. The second kappa shape index (κ2) is 7.47. The Morgan fingerprint density at radius 3 is 2.65 bits per heavy atom. The zero-order chi connectivity index (χ0) is 18.7. The zero-order valence-corrected chi connectivity index (χ0v) is 15.1. The number of hydrogen-bond acceptors (Lipinski definition) is 4. The Morgan fingerprint density at radius 2 is 1.96 bits per heavy atom. The van der Waals surface area contributed by atoms with E-state index in [1.165, 1.54) is 10.5 Å². The predicted octanol–water partition coefficient (Wildman–Crippen LogP) is 3.01. The van der Waals surface area contributed by atoms with Crippen LogP contribution in [-0.4, -0.2) is 31.6 Å². The number of ether oxygens (including phenoxy) is 2. The van der Waals surface area contributed by atoms with Crippen molar-refractivity contribution >= 4 is 23.2 Å². The van der Waals surface area contributed by atoms with Crippen molar-refractivity contribution in [2.75, 3.05) is 23.9 Å². The van der Waals surface area contributed by atoms with Gasteiger partial charge in [-0.1, -0.05) is 19.1 Å². The lowest BCUT2D eigenvalue weighted by atomic mass is 10.2. The van der Waals surface area contributed by atoms with E-state index in [9.17, 15) is 9.59 Å². The van der Waals surface area contributed by atoms with Gasteiger partial charge in [-0.15, -0.1) is 0 Å². The van der Waals surface area contributed by atoms with Crippen molar-refractivity contribution in [3.63, 3.8) is 0 Å². The monoisotopic (exact) mass is 354 g/mol. The first-order valence-electron chi connectivity index (χ1n) is 8.57. The molecule has 1 atom stereocenters. The van der Waals surface area contributed by atoms with Crippen molar-refractivity contribution in [2.45, 2.75) is 26.4 Å². The largest absolute Gasteiger partial charge is 0.484 e. The number of amides is 2. The summed E-state index contributed by atoms with van der Waals surface area (Å²) in [6.45, 7) is 3.70. The third-order valence-electron chi connectivity index (χ3n) is 4.29. The van der Waals surface area contributed by atoms with Crippen molar-refractivity contribution in [3.05, 3.63) is 48.0 Å². The van der Waals surface area contributed by atoms with E-state index in [1.54, 1.807) is 32.2 Å². The van der Waals surface area contributed by atoms with Crippen LogP contribution in [0.25, 0.3) is 0 Å². The summed E-state index contributed by atoms with van der Waals surface area (Å²) in [6.07, 6.45) is 0.443. The van der Waals surface area contributed by atoms with Gasteiger partial charge in [-0.2, -0.15) is 0 Å². The normalized spacial score (nSPS) is 15.9. The highest BCUT2D eigenvalue weighted by atomic mass is 16.5. The fraction of sp³-hybridized carbons (Fsp3) is 0.300. The highest BCUT2D eigenvalue weighted by Gasteiger charge is 2.29. The van der Waals surface area contributed by atoms with E-state index in [4.69, 9.17) is 9.47 Å². The standard InChI is InChI=1S/C20H22N2O4/c1-4-14-5-8-16(9-6-14)25-12-19(23)21-15-7-10-18-17(11-15)22(3)20(24)13(2)26-18/h5-11,13H,4,12H2,1-3H3,(H,21,23). The van der Waals surface area contributed by atoms with E-state index in [1.807, 2.05) is 24.3 Å². The van der Waals surface area contributed by atoms with Gasteiger partial charge in [0, 0.05) is 12.7 Å². The van der Waals surface area contributed by atoms with Gasteiger partial charge in [0.25, 0.3) is 11.8 Å². The van der Waals surface area contributed by atoms with E-state index in [-0.39, 0.29) is 18.4 Å². The van der Waals surface area contributed by atoms with Crippen LogP contribution in [0.3, 0.4) is 0 Å². The van der Waals surface area contributed by atoms with Crippen molar-refractivity contribution in [1.29, 1.82) is 0 Å². The summed E-state index contributed by atoms with van der Waals surface area (Å²) in [5.41, 5.74) is 2.42. The van der Waals surface area contributed by atoms with Crippen LogP contribution in [0.1, 0.15) is 19.4 Å². The minimum atomic E-state index is -0.513. The summed E-state index contributed by atoms with van der Waals surface area (Å²) in [6, 6.07) is 12.9. The number of likely N-dealkylation sites (N-methyl/N-ethyl adjacent to an activating group) is 1. The fourth-order valence-corrected chi connectivity index (χ4v) is 2.76. The Bertz CT molecular complexity index is 817. The number of nitrogens with zero attached hydrogens (tertiary/aromatic N) is 1. The number of benzene rings is 2. The number of hydrogen-bond donors (Lipinski definition) is 1. The Morgan fingerprint density at radius 1 is 1.23 bits per heavy atom. The Balaban J connectivity index is 1.62. The van der Waals surface area contributed by atoms with Gasteiger partial charge in [-0.25, -0.2) is 0 Å². The average molecular weight is 354 g/mol. The van der Waals surface area contributed by atoms with Crippen molar-refractivity contribution in [2.24, 2.45) is 0 Å². The number of carbonyl (C=O) groups excluding carboxylic acids is 2. The SMILES string of the molecule is CCc1ccc(OCC(=O)Nc2ccc3c(c2)N(C)C(=O)C(C)O3)cc1. The Labute approximate surface area is 152 Å². The number of rotatable bonds is 5. The first kappa shape index (κ1) is 17.8. The number of nitrogens with one attached hydrogen (secondary N) is 1. The van der Waals surface area contributed by atoms with Gasteiger partial charge in [-0.3, -0.25) is 9.59 Å². The third kappa shape index (κ3) is 3.79. The van der Waals surface area contributed by atoms with Gasteiger partial charge in [0.05, 0.1) is 5.69 Å².